The predicted octanol–water partition coefficient (Wildman–Crippen LogP) is 3.56. The van der Waals surface area contributed by atoms with Crippen LogP contribution >= 0.6 is 0 Å². The molecule has 2 amide bonds. The van der Waals surface area contributed by atoms with Gasteiger partial charge in [0.1, 0.15) is 5.75 Å². The Morgan fingerprint density at radius 2 is 1.89 bits per heavy atom. The number of piperidine rings is 1. The Labute approximate surface area is 165 Å². The van der Waals surface area contributed by atoms with Gasteiger partial charge >= 0.3 is 0 Å². The second-order valence-electron chi connectivity index (χ2n) is 6.83. The summed E-state index contributed by atoms with van der Waals surface area (Å²) in [6.45, 7) is 4.18. The van der Waals surface area contributed by atoms with E-state index in [1.165, 1.54) is 0 Å². The van der Waals surface area contributed by atoms with E-state index in [-0.39, 0.29) is 11.8 Å². The van der Waals surface area contributed by atoms with Crippen LogP contribution in [-0.2, 0) is 14.4 Å². The Hall–Kier alpha value is -2.86. The van der Waals surface area contributed by atoms with Crippen molar-refractivity contribution >= 4 is 17.5 Å². The molecule has 0 saturated carbocycles. The molecule has 0 aromatic heterocycles. The molecule has 2 atom stereocenters. The minimum Gasteiger partial charge on any atom is -0.496 e. The van der Waals surface area contributed by atoms with Crippen LogP contribution in [0.15, 0.2) is 48.5 Å². The molecule has 1 aliphatic heterocycles. The summed E-state index contributed by atoms with van der Waals surface area (Å²) in [4.78, 5) is 32.7. The molecule has 1 heterocycles. The van der Waals surface area contributed by atoms with Crippen LogP contribution in [-0.4, -0.2) is 25.5 Å². The van der Waals surface area contributed by atoms with Crippen LogP contribution in [0.3, 0.4) is 0 Å². The van der Waals surface area contributed by atoms with E-state index < -0.39 is 12.0 Å². The number of amides is 2. The number of nitrogens with zero attached hydrogens (tertiary/aromatic N) is 1. The van der Waals surface area contributed by atoms with Gasteiger partial charge in [-0.25, -0.2) is 5.48 Å². The number of nitrogens with one attached hydrogen (secondary N) is 1. The van der Waals surface area contributed by atoms with Crippen molar-refractivity contribution in [2.75, 3.05) is 18.6 Å². The zero-order valence-corrected chi connectivity index (χ0v) is 16.5. The van der Waals surface area contributed by atoms with E-state index in [0.29, 0.717) is 25.2 Å². The van der Waals surface area contributed by atoms with Crippen LogP contribution in [0.2, 0.25) is 0 Å². The first kappa shape index (κ1) is 19.9. The molecule has 2 aromatic carbocycles. The summed E-state index contributed by atoms with van der Waals surface area (Å²) in [5, 5.41) is 0. The van der Waals surface area contributed by atoms with E-state index >= 15 is 0 Å². The quantitative estimate of drug-likeness (QED) is 0.776. The fourth-order valence-corrected chi connectivity index (χ4v) is 3.66. The number of carbonyl (C=O) groups excluding carboxylic acids is 2. The summed E-state index contributed by atoms with van der Waals surface area (Å²) < 4.78 is 5.55. The molecule has 1 saturated heterocycles. The van der Waals surface area contributed by atoms with Crippen LogP contribution in [0.25, 0.3) is 0 Å². The highest BCUT2D eigenvalue weighted by atomic mass is 16.6. The van der Waals surface area contributed by atoms with Crippen LogP contribution in [0.4, 0.5) is 5.69 Å². The highest BCUT2D eigenvalue weighted by Crippen LogP contribution is 2.43. The second-order valence-corrected chi connectivity index (χ2v) is 6.83. The summed E-state index contributed by atoms with van der Waals surface area (Å²) in [5.74, 6) is -0.0574. The van der Waals surface area contributed by atoms with E-state index in [2.05, 4.69) is 5.48 Å². The van der Waals surface area contributed by atoms with Gasteiger partial charge in [-0.3, -0.25) is 14.4 Å². The molecule has 2 unspecified atom stereocenters. The molecule has 0 bridgehead atoms. The number of rotatable bonds is 6. The van der Waals surface area contributed by atoms with Gasteiger partial charge in [-0.1, -0.05) is 35.9 Å². The van der Waals surface area contributed by atoms with Gasteiger partial charge in [0.25, 0.3) is 0 Å². The fourth-order valence-electron chi connectivity index (χ4n) is 3.66. The molecule has 28 heavy (non-hydrogen) atoms. The van der Waals surface area contributed by atoms with Crippen LogP contribution in [0.5, 0.6) is 5.75 Å². The highest BCUT2D eigenvalue weighted by Gasteiger charge is 2.42. The second kappa shape index (κ2) is 8.89. The predicted molar refractivity (Wildman–Crippen MR) is 107 cm³/mol. The van der Waals surface area contributed by atoms with Gasteiger partial charge in [-0.05, 0) is 38.5 Å². The third kappa shape index (κ3) is 4.02. The van der Waals surface area contributed by atoms with E-state index in [1.54, 1.807) is 18.9 Å². The normalized spacial score (nSPS) is 19.4. The number of para-hydroxylation sites is 1. The van der Waals surface area contributed by atoms with Crippen molar-refractivity contribution in [3.8, 4) is 5.75 Å². The van der Waals surface area contributed by atoms with Crippen molar-refractivity contribution < 1.29 is 19.2 Å². The fraction of sp³-hybridized carbons (Fsp3) is 0.364. The smallest absolute Gasteiger partial charge is 0.249 e. The molecule has 6 heteroatoms. The Morgan fingerprint density at radius 1 is 1.18 bits per heavy atom. The van der Waals surface area contributed by atoms with Crippen LogP contribution in [0, 0.1) is 12.8 Å². The highest BCUT2D eigenvalue weighted by molar-refractivity contribution is 5.97. The molecule has 148 valence electrons. The van der Waals surface area contributed by atoms with Gasteiger partial charge in [0.2, 0.25) is 11.8 Å². The Morgan fingerprint density at radius 3 is 2.57 bits per heavy atom. The van der Waals surface area contributed by atoms with Gasteiger partial charge in [-0.15, -0.1) is 0 Å². The molecular weight excluding hydrogens is 356 g/mol. The lowest BCUT2D eigenvalue weighted by atomic mass is 9.83. The van der Waals surface area contributed by atoms with Crippen LogP contribution in [0.1, 0.15) is 36.9 Å². The van der Waals surface area contributed by atoms with E-state index in [1.807, 2.05) is 55.5 Å². The first-order valence-corrected chi connectivity index (χ1v) is 9.50. The van der Waals surface area contributed by atoms with Gasteiger partial charge in [-0.2, -0.15) is 0 Å². The summed E-state index contributed by atoms with van der Waals surface area (Å²) >= 11 is 0. The topological polar surface area (TPSA) is 67.9 Å². The summed E-state index contributed by atoms with van der Waals surface area (Å²) in [6, 6.07) is 14.8. The zero-order chi connectivity index (χ0) is 20.1. The largest absolute Gasteiger partial charge is 0.496 e. The van der Waals surface area contributed by atoms with Crippen LogP contribution < -0.4 is 15.1 Å². The Balaban J connectivity index is 2.09. The van der Waals surface area contributed by atoms with Crippen molar-refractivity contribution in [2.24, 2.45) is 5.92 Å². The molecule has 1 fully saturated rings. The molecule has 1 N–H and O–H groups in total. The minimum absolute atomic E-state index is 0.0137. The van der Waals surface area contributed by atoms with Gasteiger partial charge in [0.15, 0.2) is 0 Å². The average molecular weight is 382 g/mol. The van der Waals surface area contributed by atoms with E-state index in [0.717, 1.165) is 16.8 Å². The van der Waals surface area contributed by atoms with Gasteiger partial charge in [0.05, 0.1) is 25.7 Å². The maximum Gasteiger partial charge on any atom is 0.249 e. The number of benzene rings is 2. The molecule has 6 nitrogen and oxygen atoms in total. The molecular formula is C22H26N2O4. The molecule has 3 rings (SSSR count). The summed E-state index contributed by atoms with van der Waals surface area (Å²) in [6.07, 6.45) is 0.743. The molecule has 1 aliphatic rings. The van der Waals surface area contributed by atoms with Gasteiger partial charge in [0, 0.05) is 17.7 Å². The maximum atomic E-state index is 13.0. The first-order valence-electron chi connectivity index (χ1n) is 9.50. The number of aryl methyl sites for hydroxylation is 1. The standard InChI is InChI=1S/C22H26N2O4/c1-4-28-23-22(26)18-13-14-20(25)24(16-11-9-15(2)10-12-16)21(18)17-7-5-6-8-19(17)27-3/h5-12,18,21H,4,13-14H2,1-3H3,(H,23,26). The van der Waals surface area contributed by atoms with Crippen molar-refractivity contribution in [2.45, 2.75) is 32.7 Å². The van der Waals surface area contributed by atoms with Crippen molar-refractivity contribution in [3.05, 3.63) is 59.7 Å². The first-order chi connectivity index (χ1) is 13.6. The molecule has 0 spiro atoms. The lowest BCUT2D eigenvalue weighted by Gasteiger charge is -2.41. The lowest BCUT2D eigenvalue weighted by molar-refractivity contribution is -0.140. The number of methoxy groups -OCH3 is 1. The number of carbonyl (C=O) groups is 2. The molecule has 0 aliphatic carbocycles. The lowest BCUT2D eigenvalue weighted by Crippen LogP contribution is -2.48. The summed E-state index contributed by atoms with van der Waals surface area (Å²) in [7, 11) is 1.59. The number of ether oxygens (including phenoxy) is 1. The Bertz CT molecular complexity index is 835. The summed E-state index contributed by atoms with van der Waals surface area (Å²) in [5.41, 5.74) is 5.19. The Kier molecular flexibility index (Phi) is 6.31. The number of hydroxylamine groups is 1. The van der Waals surface area contributed by atoms with E-state index in [4.69, 9.17) is 9.57 Å². The maximum absolute atomic E-state index is 13.0. The van der Waals surface area contributed by atoms with Gasteiger partial charge < -0.3 is 9.64 Å². The number of hydrogen-bond donors (Lipinski definition) is 1. The number of anilines is 1. The van der Waals surface area contributed by atoms with Crippen molar-refractivity contribution in [1.82, 2.24) is 5.48 Å². The third-order valence-electron chi connectivity index (χ3n) is 5.02. The molecule has 2 aromatic rings. The SMILES string of the molecule is CCONC(=O)C1CCC(=O)N(c2ccc(C)cc2)C1c1ccccc1OC. The van der Waals surface area contributed by atoms with E-state index in [9.17, 15) is 9.59 Å². The van der Waals surface area contributed by atoms with Crippen molar-refractivity contribution in [3.63, 3.8) is 0 Å². The minimum atomic E-state index is -0.486. The van der Waals surface area contributed by atoms with Crippen molar-refractivity contribution in [1.29, 1.82) is 0 Å². The average Bonchev–Trinajstić information content (AvgIpc) is 2.72. The molecule has 0 radical (unpaired) electrons. The number of hydrogen-bond acceptors (Lipinski definition) is 4. The zero-order valence-electron chi connectivity index (χ0n) is 16.5. The monoisotopic (exact) mass is 382 g/mol. The third-order valence-corrected chi connectivity index (χ3v) is 5.02.